The first kappa shape index (κ1) is 24.6. The first-order valence-corrected chi connectivity index (χ1v) is 12.3. The van der Waals surface area contributed by atoms with E-state index in [1.807, 2.05) is 36.4 Å². The van der Waals surface area contributed by atoms with Crippen molar-refractivity contribution in [3.63, 3.8) is 0 Å². The summed E-state index contributed by atoms with van der Waals surface area (Å²) in [6.07, 6.45) is 4.07. The number of methoxy groups -OCH3 is 1. The molecule has 2 heterocycles. The van der Waals surface area contributed by atoms with Gasteiger partial charge in [-0.1, -0.05) is 31.0 Å². The van der Waals surface area contributed by atoms with Gasteiger partial charge in [0.2, 0.25) is 0 Å². The van der Waals surface area contributed by atoms with Crippen molar-refractivity contribution in [3.05, 3.63) is 82.6 Å². The van der Waals surface area contributed by atoms with Crippen molar-refractivity contribution in [3.8, 4) is 5.75 Å². The maximum Gasteiger partial charge on any atom is 0.181 e. The Hall–Kier alpha value is -3.51. The minimum Gasteiger partial charge on any atom is -0.496 e. The Morgan fingerprint density at radius 3 is 2.57 bits per heavy atom. The van der Waals surface area contributed by atoms with Gasteiger partial charge in [0.05, 0.1) is 12.8 Å². The number of amidine groups is 2. The molecule has 0 saturated carbocycles. The number of anilines is 1. The van der Waals surface area contributed by atoms with Crippen molar-refractivity contribution >= 4 is 40.4 Å². The van der Waals surface area contributed by atoms with Crippen LogP contribution < -0.4 is 9.64 Å². The van der Waals surface area contributed by atoms with Crippen LogP contribution >= 0.6 is 11.6 Å². The summed E-state index contributed by atoms with van der Waals surface area (Å²) < 4.78 is 5.60. The number of halogens is 1. The van der Waals surface area contributed by atoms with Crippen LogP contribution in [0.4, 0.5) is 11.4 Å². The zero-order valence-electron chi connectivity index (χ0n) is 20.6. The van der Waals surface area contributed by atoms with E-state index in [1.54, 1.807) is 19.4 Å². The van der Waals surface area contributed by atoms with Gasteiger partial charge in [0.15, 0.2) is 11.7 Å². The van der Waals surface area contributed by atoms with Crippen LogP contribution in [-0.2, 0) is 0 Å². The molecular weight excluding hydrogens is 458 g/mol. The van der Waals surface area contributed by atoms with Gasteiger partial charge in [0.1, 0.15) is 17.2 Å². The Morgan fingerprint density at radius 2 is 1.89 bits per heavy atom. The van der Waals surface area contributed by atoms with E-state index in [2.05, 4.69) is 42.8 Å². The molecule has 35 heavy (non-hydrogen) atoms. The van der Waals surface area contributed by atoms with E-state index in [0.29, 0.717) is 33.8 Å². The Morgan fingerprint density at radius 1 is 1.03 bits per heavy atom. The standard InChI is InChI=1S/C28H30ClN5O/c1-5-7-16-34(6-2)21-12-13-23(19(3)17-21)31-28-26(22-18-20(29)11-14-25(22)35-4)32-27(33-28)24-10-8-9-15-30-24/h8-15,17-18H,5-7,16H2,1-4H3/b31-28-. The monoisotopic (exact) mass is 487 g/mol. The zero-order chi connectivity index (χ0) is 24.8. The summed E-state index contributed by atoms with van der Waals surface area (Å²) in [5, 5.41) is 0.585. The van der Waals surface area contributed by atoms with Gasteiger partial charge in [-0.3, -0.25) is 4.98 Å². The number of hydrogen-bond donors (Lipinski definition) is 0. The number of aryl methyl sites for hydroxylation is 1. The van der Waals surface area contributed by atoms with Crippen molar-refractivity contribution < 1.29 is 4.74 Å². The molecule has 6 nitrogen and oxygen atoms in total. The highest BCUT2D eigenvalue weighted by Crippen LogP contribution is 2.29. The average Bonchev–Trinajstić information content (AvgIpc) is 3.30. The zero-order valence-corrected chi connectivity index (χ0v) is 21.4. The van der Waals surface area contributed by atoms with E-state index in [4.69, 9.17) is 31.3 Å². The van der Waals surface area contributed by atoms with Gasteiger partial charge in [-0.2, -0.15) is 0 Å². The number of aromatic nitrogens is 1. The lowest BCUT2D eigenvalue weighted by atomic mass is 10.1. The van der Waals surface area contributed by atoms with Gasteiger partial charge in [-0.15, -0.1) is 0 Å². The van der Waals surface area contributed by atoms with Crippen molar-refractivity contribution in [2.24, 2.45) is 15.0 Å². The highest BCUT2D eigenvalue weighted by atomic mass is 35.5. The van der Waals surface area contributed by atoms with Gasteiger partial charge in [-0.25, -0.2) is 15.0 Å². The number of ether oxygens (including phenoxy) is 1. The van der Waals surface area contributed by atoms with Crippen LogP contribution in [0.5, 0.6) is 5.75 Å². The topological polar surface area (TPSA) is 62.4 Å². The van der Waals surface area contributed by atoms with Crippen molar-refractivity contribution in [1.29, 1.82) is 0 Å². The van der Waals surface area contributed by atoms with Crippen molar-refractivity contribution in [1.82, 2.24) is 4.98 Å². The molecule has 2 aromatic carbocycles. The third-order valence-corrected chi connectivity index (χ3v) is 6.12. The fourth-order valence-electron chi connectivity index (χ4n) is 3.96. The maximum atomic E-state index is 6.33. The molecule has 0 amide bonds. The molecule has 0 N–H and O–H groups in total. The lowest BCUT2D eigenvalue weighted by molar-refractivity contribution is 0.414. The molecule has 0 atom stereocenters. The number of aliphatic imine (C=N–C) groups is 3. The quantitative estimate of drug-likeness (QED) is 0.339. The molecule has 7 heteroatoms. The minimum absolute atomic E-state index is 0.500. The third kappa shape index (κ3) is 5.60. The average molecular weight is 488 g/mol. The Bertz CT molecular complexity index is 1280. The van der Waals surface area contributed by atoms with Crippen molar-refractivity contribution in [2.45, 2.75) is 33.6 Å². The molecule has 0 unspecified atom stereocenters. The second-order valence-electron chi connectivity index (χ2n) is 8.29. The molecule has 180 valence electrons. The van der Waals surface area contributed by atoms with E-state index in [1.165, 1.54) is 18.5 Å². The SMILES string of the molecule is CCCCN(CC)c1ccc(/N=C2\N=C(c3ccccn3)N=C2c2cc(Cl)ccc2OC)c(C)c1. The molecule has 4 rings (SSSR count). The van der Waals surface area contributed by atoms with Crippen LogP contribution in [0.3, 0.4) is 0 Å². The first-order valence-electron chi connectivity index (χ1n) is 11.9. The molecule has 0 spiro atoms. The van der Waals surface area contributed by atoms with E-state index in [0.717, 1.165) is 29.9 Å². The van der Waals surface area contributed by atoms with Crippen LogP contribution in [0.25, 0.3) is 0 Å². The number of nitrogens with zero attached hydrogens (tertiary/aromatic N) is 5. The fraction of sp³-hybridized carbons (Fsp3) is 0.286. The van der Waals surface area contributed by atoms with Crippen LogP contribution in [0.15, 0.2) is 75.8 Å². The fourth-order valence-corrected chi connectivity index (χ4v) is 4.13. The summed E-state index contributed by atoms with van der Waals surface area (Å²) >= 11 is 6.33. The summed E-state index contributed by atoms with van der Waals surface area (Å²) in [6, 6.07) is 17.5. The number of pyridine rings is 1. The first-order chi connectivity index (χ1) is 17.0. The van der Waals surface area contributed by atoms with Gasteiger partial charge < -0.3 is 9.64 Å². The van der Waals surface area contributed by atoms with Gasteiger partial charge >= 0.3 is 0 Å². The molecule has 1 aromatic heterocycles. The predicted molar refractivity (Wildman–Crippen MR) is 146 cm³/mol. The van der Waals surface area contributed by atoms with E-state index in [-0.39, 0.29) is 0 Å². The number of unbranched alkanes of at least 4 members (excludes halogenated alkanes) is 1. The number of hydrogen-bond acceptors (Lipinski definition) is 5. The second-order valence-corrected chi connectivity index (χ2v) is 8.73. The number of rotatable bonds is 9. The highest BCUT2D eigenvalue weighted by molar-refractivity contribution is 6.54. The Kier molecular flexibility index (Phi) is 7.93. The summed E-state index contributed by atoms with van der Waals surface area (Å²) in [5.74, 6) is 1.66. The van der Waals surface area contributed by atoms with Crippen LogP contribution in [0.1, 0.15) is 43.5 Å². The molecule has 0 fully saturated rings. The molecular formula is C28H30ClN5O. The van der Waals surface area contributed by atoms with Gasteiger partial charge in [0.25, 0.3) is 0 Å². The third-order valence-electron chi connectivity index (χ3n) is 5.89. The van der Waals surface area contributed by atoms with E-state index < -0.39 is 0 Å². The Labute approximate surface area is 212 Å². The van der Waals surface area contributed by atoms with Gasteiger partial charge in [0, 0.05) is 35.6 Å². The molecule has 0 radical (unpaired) electrons. The lowest BCUT2D eigenvalue weighted by Crippen LogP contribution is -2.23. The summed E-state index contributed by atoms with van der Waals surface area (Å²) in [4.78, 5) is 21.3. The Balaban J connectivity index is 1.77. The molecule has 3 aromatic rings. The summed E-state index contributed by atoms with van der Waals surface area (Å²) in [7, 11) is 1.63. The molecule has 1 aliphatic heterocycles. The lowest BCUT2D eigenvalue weighted by Gasteiger charge is -2.23. The summed E-state index contributed by atoms with van der Waals surface area (Å²) in [5.41, 5.74) is 5.14. The van der Waals surface area contributed by atoms with Crippen molar-refractivity contribution in [2.75, 3.05) is 25.1 Å². The highest BCUT2D eigenvalue weighted by Gasteiger charge is 2.25. The minimum atomic E-state index is 0.500. The van der Waals surface area contributed by atoms with Crippen LogP contribution in [0.2, 0.25) is 5.02 Å². The molecule has 1 aliphatic rings. The van der Waals surface area contributed by atoms with Crippen LogP contribution in [-0.4, -0.2) is 42.6 Å². The normalized spacial score (nSPS) is 14.1. The largest absolute Gasteiger partial charge is 0.496 e. The predicted octanol–water partition coefficient (Wildman–Crippen LogP) is 6.66. The molecule has 0 aliphatic carbocycles. The smallest absolute Gasteiger partial charge is 0.181 e. The second kappa shape index (κ2) is 11.3. The summed E-state index contributed by atoms with van der Waals surface area (Å²) in [6.45, 7) is 8.49. The van der Waals surface area contributed by atoms with Crippen LogP contribution in [0, 0.1) is 6.92 Å². The van der Waals surface area contributed by atoms with Gasteiger partial charge in [-0.05, 0) is 74.4 Å². The number of benzene rings is 2. The van der Waals surface area contributed by atoms with E-state index >= 15 is 0 Å². The molecule has 0 bridgehead atoms. The maximum absolute atomic E-state index is 6.33. The van der Waals surface area contributed by atoms with E-state index in [9.17, 15) is 0 Å². The molecule has 0 saturated heterocycles.